The average Bonchev–Trinajstić information content (AvgIpc) is 2.19. The first-order valence-corrected chi connectivity index (χ1v) is 5.11. The fourth-order valence-corrected chi connectivity index (χ4v) is 1.29. The summed E-state index contributed by atoms with van der Waals surface area (Å²) in [5, 5.41) is 0. The third kappa shape index (κ3) is 4.76. The van der Waals surface area contributed by atoms with Crippen LogP contribution in [0, 0.1) is 0 Å². The molecule has 84 valence electrons. The van der Waals surface area contributed by atoms with E-state index >= 15 is 0 Å². The summed E-state index contributed by atoms with van der Waals surface area (Å²) < 4.78 is 0. The molecule has 2 N–H and O–H groups in total. The molecule has 0 atom stereocenters. The molecule has 0 amide bonds. The summed E-state index contributed by atoms with van der Waals surface area (Å²) in [4.78, 5) is 8.52. The van der Waals surface area contributed by atoms with E-state index in [0.717, 1.165) is 19.6 Å². The number of nitrogens with two attached hydrogens (primary N) is 1. The normalized spacial score (nSPS) is 11.3. The lowest BCUT2D eigenvalue weighted by atomic mass is 10.2. The molecule has 1 aromatic rings. The van der Waals surface area contributed by atoms with Gasteiger partial charge in [-0.05, 0) is 32.8 Å². The lowest BCUT2D eigenvalue weighted by Gasteiger charge is -2.19. The van der Waals surface area contributed by atoms with Crippen molar-refractivity contribution < 1.29 is 0 Å². The van der Waals surface area contributed by atoms with Crippen LogP contribution in [0.25, 0.3) is 0 Å². The Hall–Kier alpha value is -1.13. The maximum absolute atomic E-state index is 5.52. The van der Waals surface area contributed by atoms with Gasteiger partial charge in [0.1, 0.15) is 5.82 Å². The highest BCUT2D eigenvalue weighted by molar-refractivity contribution is 5.29. The van der Waals surface area contributed by atoms with Crippen molar-refractivity contribution >= 4 is 5.82 Å². The molecule has 1 heterocycles. The quantitative estimate of drug-likeness (QED) is 0.772. The van der Waals surface area contributed by atoms with Gasteiger partial charge in [-0.2, -0.15) is 0 Å². The van der Waals surface area contributed by atoms with Gasteiger partial charge in [-0.1, -0.05) is 6.07 Å². The summed E-state index contributed by atoms with van der Waals surface area (Å²) in [6, 6.07) is 3.86. The molecular weight excluding hydrogens is 188 g/mol. The number of hydrogen-bond donors (Lipinski definition) is 1. The number of anilines is 1. The molecule has 0 aliphatic heterocycles. The van der Waals surface area contributed by atoms with Crippen molar-refractivity contribution in [2.24, 2.45) is 0 Å². The zero-order valence-corrected chi connectivity index (χ0v) is 9.77. The van der Waals surface area contributed by atoms with Crippen molar-refractivity contribution in [2.45, 2.75) is 6.54 Å². The zero-order chi connectivity index (χ0) is 11.3. The number of pyridine rings is 1. The van der Waals surface area contributed by atoms with Crippen molar-refractivity contribution in [2.75, 3.05) is 40.0 Å². The summed E-state index contributed by atoms with van der Waals surface area (Å²) in [6.07, 6.45) is 1.83. The molecule has 0 saturated heterocycles. The fraction of sp³-hybridized carbons (Fsp3) is 0.545. The molecule has 0 spiro atoms. The molecular formula is C11H20N4. The zero-order valence-electron chi connectivity index (χ0n) is 9.77. The first-order chi connectivity index (χ1) is 7.08. The highest BCUT2D eigenvalue weighted by Crippen LogP contribution is 2.03. The predicted octanol–water partition coefficient (Wildman–Crippen LogP) is 0.657. The molecule has 15 heavy (non-hydrogen) atoms. The second-order valence-electron chi connectivity index (χ2n) is 4.13. The molecule has 1 aromatic heterocycles. The van der Waals surface area contributed by atoms with E-state index in [1.807, 2.05) is 18.3 Å². The van der Waals surface area contributed by atoms with Crippen molar-refractivity contribution in [1.82, 2.24) is 14.8 Å². The number of nitrogens with zero attached hydrogens (tertiary/aromatic N) is 3. The van der Waals surface area contributed by atoms with E-state index in [0.29, 0.717) is 5.82 Å². The van der Waals surface area contributed by atoms with Crippen LogP contribution in [0.5, 0.6) is 0 Å². The summed E-state index contributed by atoms with van der Waals surface area (Å²) >= 11 is 0. The van der Waals surface area contributed by atoms with Crippen LogP contribution in [-0.2, 0) is 6.54 Å². The van der Waals surface area contributed by atoms with E-state index in [9.17, 15) is 0 Å². The molecule has 0 aliphatic rings. The van der Waals surface area contributed by atoms with Gasteiger partial charge in [-0.15, -0.1) is 0 Å². The molecule has 0 bridgehead atoms. The third-order valence-electron chi connectivity index (χ3n) is 2.23. The van der Waals surface area contributed by atoms with Crippen LogP contribution < -0.4 is 5.73 Å². The number of nitrogen functional groups attached to an aromatic ring is 1. The standard InChI is InChI=1S/C11H20N4/c1-14(2)6-7-15(3)9-10-4-5-11(12)13-8-10/h4-5,8H,6-7,9H2,1-3H3,(H2,12,13). The van der Waals surface area contributed by atoms with E-state index in [4.69, 9.17) is 5.73 Å². The maximum Gasteiger partial charge on any atom is 0.123 e. The monoisotopic (exact) mass is 208 g/mol. The Morgan fingerprint density at radius 3 is 2.47 bits per heavy atom. The van der Waals surface area contributed by atoms with E-state index in [1.54, 1.807) is 0 Å². The molecule has 0 aromatic carbocycles. The summed E-state index contributed by atoms with van der Waals surface area (Å²) in [6.45, 7) is 3.04. The SMILES string of the molecule is CN(C)CCN(C)Cc1ccc(N)nc1. The van der Waals surface area contributed by atoms with Gasteiger partial charge >= 0.3 is 0 Å². The van der Waals surface area contributed by atoms with Crippen molar-refractivity contribution in [3.63, 3.8) is 0 Å². The molecule has 0 radical (unpaired) electrons. The lowest BCUT2D eigenvalue weighted by molar-refractivity contribution is 0.276. The van der Waals surface area contributed by atoms with E-state index < -0.39 is 0 Å². The van der Waals surface area contributed by atoms with Crippen molar-refractivity contribution in [1.29, 1.82) is 0 Å². The third-order valence-corrected chi connectivity index (χ3v) is 2.23. The molecule has 0 fully saturated rings. The first-order valence-electron chi connectivity index (χ1n) is 5.11. The summed E-state index contributed by atoms with van der Waals surface area (Å²) in [5.74, 6) is 0.578. The van der Waals surface area contributed by atoms with Crippen LogP contribution >= 0.6 is 0 Å². The molecule has 0 unspecified atom stereocenters. The number of likely N-dealkylation sites (N-methyl/N-ethyl adjacent to an activating group) is 2. The van der Waals surface area contributed by atoms with Gasteiger partial charge < -0.3 is 15.5 Å². The van der Waals surface area contributed by atoms with Gasteiger partial charge in [0.25, 0.3) is 0 Å². The van der Waals surface area contributed by atoms with E-state index in [2.05, 4.69) is 35.9 Å². The lowest BCUT2D eigenvalue weighted by Crippen LogP contribution is -2.28. The van der Waals surface area contributed by atoms with Crippen LogP contribution in [0.4, 0.5) is 5.82 Å². The Labute approximate surface area is 91.7 Å². The number of rotatable bonds is 5. The molecule has 1 rings (SSSR count). The van der Waals surface area contributed by atoms with E-state index in [-0.39, 0.29) is 0 Å². The van der Waals surface area contributed by atoms with Gasteiger partial charge in [-0.3, -0.25) is 0 Å². The molecule has 0 saturated carbocycles. The van der Waals surface area contributed by atoms with Gasteiger partial charge in [0.15, 0.2) is 0 Å². The van der Waals surface area contributed by atoms with Crippen molar-refractivity contribution in [3.05, 3.63) is 23.9 Å². The van der Waals surface area contributed by atoms with Crippen LogP contribution in [0.2, 0.25) is 0 Å². The molecule has 0 aliphatic carbocycles. The van der Waals surface area contributed by atoms with Gasteiger partial charge in [0.2, 0.25) is 0 Å². The minimum absolute atomic E-state index is 0.578. The number of hydrogen-bond acceptors (Lipinski definition) is 4. The molecule has 4 nitrogen and oxygen atoms in total. The van der Waals surface area contributed by atoms with Crippen LogP contribution in [0.1, 0.15) is 5.56 Å². The van der Waals surface area contributed by atoms with E-state index in [1.165, 1.54) is 5.56 Å². The predicted molar refractivity (Wildman–Crippen MR) is 63.5 cm³/mol. The van der Waals surface area contributed by atoms with Gasteiger partial charge in [-0.25, -0.2) is 4.98 Å². The fourth-order valence-electron chi connectivity index (χ4n) is 1.29. The topological polar surface area (TPSA) is 45.4 Å². The van der Waals surface area contributed by atoms with Crippen LogP contribution in [0.3, 0.4) is 0 Å². The smallest absolute Gasteiger partial charge is 0.123 e. The number of aromatic nitrogens is 1. The Morgan fingerprint density at radius 1 is 1.20 bits per heavy atom. The maximum atomic E-state index is 5.52. The van der Waals surface area contributed by atoms with Crippen LogP contribution in [-0.4, -0.2) is 49.0 Å². The Bertz CT molecular complexity index is 281. The Kier molecular flexibility index (Phi) is 4.52. The summed E-state index contributed by atoms with van der Waals surface area (Å²) in [7, 11) is 6.27. The summed E-state index contributed by atoms with van der Waals surface area (Å²) in [5.41, 5.74) is 6.72. The Morgan fingerprint density at radius 2 is 1.93 bits per heavy atom. The second kappa shape index (κ2) is 5.68. The van der Waals surface area contributed by atoms with Gasteiger partial charge in [0.05, 0.1) is 0 Å². The Balaban J connectivity index is 2.37. The highest BCUT2D eigenvalue weighted by atomic mass is 15.1. The molecule has 4 heteroatoms. The second-order valence-corrected chi connectivity index (χ2v) is 4.13. The largest absolute Gasteiger partial charge is 0.384 e. The van der Waals surface area contributed by atoms with Gasteiger partial charge in [0, 0.05) is 25.8 Å². The first kappa shape index (κ1) is 11.9. The minimum Gasteiger partial charge on any atom is -0.384 e. The van der Waals surface area contributed by atoms with Crippen LogP contribution in [0.15, 0.2) is 18.3 Å². The van der Waals surface area contributed by atoms with Crippen molar-refractivity contribution in [3.8, 4) is 0 Å². The highest BCUT2D eigenvalue weighted by Gasteiger charge is 2.01. The average molecular weight is 208 g/mol. The minimum atomic E-state index is 0.578.